The Morgan fingerprint density at radius 2 is 1.67 bits per heavy atom. The van der Waals surface area contributed by atoms with Crippen molar-refractivity contribution in [2.45, 2.75) is 46.0 Å². The smallest absolute Gasteiger partial charge is 0.266 e. The van der Waals surface area contributed by atoms with E-state index >= 15 is 0 Å². The zero-order valence-electron chi connectivity index (χ0n) is 20.3. The number of carbonyl (C=O) groups is 2. The molecule has 10 heteroatoms. The van der Waals surface area contributed by atoms with Crippen LogP contribution in [-0.2, 0) is 21.2 Å². The molecular weight excluding hydrogens is 519 g/mol. The molecular formula is C26H29FN2O4S3. The van der Waals surface area contributed by atoms with Gasteiger partial charge in [-0.1, -0.05) is 74.4 Å². The molecule has 3 rings (SSSR count). The van der Waals surface area contributed by atoms with E-state index in [4.69, 9.17) is 12.2 Å². The Balaban J connectivity index is 1.62. The maximum absolute atomic E-state index is 13.0. The van der Waals surface area contributed by atoms with Crippen molar-refractivity contribution in [2.24, 2.45) is 0 Å². The summed E-state index contributed by atoms with van der Waals surface area (Å²) in [5, 5.41) is 0. The van der Waals surface area contributed by atoms with Crippen LogP contribution in [0.1, 0.15) is 61.0 Å². The number of thiocarbonyl (C=S) groups is 1. The molecule has 2 amide bonds. The molecule has 6 nitrogen and oxygen atoms in total. The van der Waals surface area contributed by atoms with Gasteiger partial charge in [0.2, 0.25) is 10.0 Å². The van der Waals surface area contributed by atoms with Crippen molar-refractivity contribution in [1.82, 2.24) is 9.62 Å². The molecule has 1 aliphatic rings. The fraction of sp³-hybridized carbons (Fsp3) is 0.346. The molecule has 192 valence electrons. The average Bonchev–Trinajstić information content (AvgIpc) is 3.13. The van der Waals surface area contributed by atoms with Crippen LogP contribution in [0, 0.1) is 5.82 Å². The van der Waals surface area contributed by atoms with Gasteiger partial charge < -0.3 is 0 Å². The van der Waals surface area contributed by atoms with Gasteiger partial charge in [0, 0.05) is 12.1 Å². The van der Waals surface area contributed by atoms with Crippen molar-refractivity contribution in [1.29, 1.82) is 0 Å². The molecule has 1 aliphatic heterocycles. The lowest BCUT2D eigenvalue weighted by atomic mass is 10.0. The highest BCUT2D eigenvalue weighted by Gasteiger charge is 2.34. The molecule has 1 heterocycles. The van der Waals surface area contributed by atoms with Crippen molar-refractivity contribution in [3.05, 3.63) is 75.9 Å². The molecule has 0 atom stereocenters. The maximum atomic E-state index is 13.0. The van der Waals surface area contributed by atoms with E-state index in [2.05, 4.69) is 19.1 Å². The van der Waals surface area contributed by atoms with Gasteiger partial charge in [0.25, 0.3) is 11.8 Å². The number of carbonyl (C=O) groups excluding carboxylic acids is 2. The van der Waals surface area contributed by atoms with Crippen LogP contribution in [0.4, 0.5) is 4.39 Å². The van der Waals surface area contributed by atoms with Crippen molar-refractivity contribution in [3.8, 4) is 0 Å². The van der Waals surface area contributed by atoms with Crippen molar-refractivity contribution in [3.63, 3.8) is 0 Å². The minimum atomic E-state index is -4.05. The Labute approximate surface area is 221 Å². The third kappa shape index (κ3) is 7.47. The summed E-state index contributed by atoms with van der Waals surface area (Å²) < 4.78 is 40.1. The Kier molecular flexibility index (Phi) is 9.81. The highest BCUT2D eigenvalue weighted by atomic mass is 32.2. The first kappa shape index (κ1) is 28.0. The van der Waals surface area contributed by atoms with E-state index < -0.39 is 27.5 Å². The van der Waals surface area contributed by atoms with Crippen LogP contribution in [0.2, 0.25) is 0 Å². The van der Waals surface area contributed by atoms with E-state index in [9.17, 15) is 22.4 Å². The Morgan fingerprint density at radius 3 is 2.31 bits per heavy atom. The second-order valence-electron chi connectivity index (χ2n) is 8.54. The second kappa shape index (κ2) is 12.6. The first-order chi connectivity index (χ1) is 17.1. The van der Waals surface area contributed by atoms with Gasteiger partial charge in [-0.25, -0.2) is 17.5 Å². The van der Waals surface area contributed by atoms with Crippen LogP contribution in [0.3, 0.4) is 0 Å². The average molecular weight is 549 g/mol. The van der Waals surface area contributed by atoms with Gasteiger partial charge in [-0.2, -0.15) is 0 Å². The molecule has 2 aromatic carbocycles. The lowest BCUT2D eigenvalue weighted by molar-refractivity contribution is -0.121. The highest BCUT2D eigenvalue weighted by molar-refractivity contribution is 8.26. The molecule has 1 N–H and O–H groups in total. The van der Waals surface area contributed by atoms with E-state index in [-0.39, 0.29) is 22.3 Å². The first-order valence-corrected chi connectivity index (χ1v) is 14.6. The SMILES string of the molecule is CCCCCCc1ccc(C(C)=C2SC(=S)N(CCS(=O)(=O)NC(=O)c3ccc(F)cc3)C2=O)cc1. The largest absolute Gasteiger partial charge is 0.292 e. The molecule has 36 heavy (non-hydrogen) atoms. The van der Waals surface area contributed by atoms with Gasteiger partial charge in [0.1, 0.15) is 10.1 Å². The van der Waals surface area contributed by atoms with E-state index in [0.717, 1.165) is 47.9 Å². The second-order valence-corrected chi connectivity index (χ2v) is 12.0. The highest BCUT2D eigenvalue weighted by Crippen LogP contribution is 2.36. The number of amides is 2. The molecule has 2 aromatic rings. The van der Waals surface area contributed by atoms with E-state index in [0.29, 0.717) is 4.91 Å². The van der Waals surface area contributed by atoms with Crippen LogP contribution >= 0.6 is 24.0 Å². The van der Waals surface area contributed by atoms with E-state index in [1.807, 2.05) is 23.8 Å². The zero-order chi connectivity index (χ0) is 26.3. The number of benzene rings is 2. The minimum absolute atomic E-state index is 0.0103. The summed E-state index contributed by atoms with van der Waals surface area (Å²) in [5.74, 6) is -2.27. The summed E-state index contributed by atoms with van der Waals surface area (Å²) in [6.45, 7) is 3.85. The molecule has 1 fully saturated rings. The number of aryl methyl sites for hydroxylation is 1. The van der Waals surface area contributed by atoms with E-state index in [1.165, 1.54) is 41.9 Å². The summed E-state index contributed by atoms with van der Waals surface area (Å²) in [7, 11) is -4.05. The van der Waals surface area contributed by atoms with Crippen LogP contribution in [0.25, 0.3) is 5.57 Å². The number of nitrogens with zero attached hydrogens (tertiary/aromatic N) is 1. The molecule has 0 saturated carbocycles. The minimum Gasteiger partial charge on any atom is -0.292 e. The fourth-order valence-electron chi connectivity index (χ4n) is 3.69. The number of thioether (sulfide) groups is 1. The standard InChI is InChI=1S/C26H29FN2O4S3/c1-3-4-5-6-7-19-8-10-20(11-9-19)18(2)23-25(31)29(26(34)35-23)16-17-36(32,33)28-24(30)21-12-14-22(27)15-13-21/h8-15H,3-7,16-17H2,1-2H3,(H,28,30). The first-order valence-electron chi connectivity index (χ1n) is 11.8. The van der Waals surface area contributed by atoms with Gasteiger partial charge in [0.05, 0.1) is 10.7 Å². The van der Waals surface area contributed by atoms with Gasteiger partial charge in [0.15, 0.2) is 0 Å². The third-order valence-electron chi connectivity index (χ3n) is 5.83. The molecule has 0 aromatic heterocycles. The van der Waals surface area contributed by atoms with Crippen molar-refractivity contribution >= 4 is 55.7 Å². The third-order valence-corrected chi connectivity index (χ3v) is 8.60. The quantitative estimate of drug-likeness (QED) is 0.233. The topological polar surface area (TPSA) is 83.6 Å². The Hall–Kier alpha value is -2.56. The maximum Gasteiger partial charge on any atom is 0.266 e. The summed E-state index contributed by atoms with van der Waals surface area (Å²) in [5.41, 5.74) is 2.95. The van der Waals surface area contributed by atoms with E-state index in [1.54, 1.807) is 0 Å². The number of hydrogen-bond acceptors (Lipinski definition) is 6. The number of sulfonamides is 1. The zero-order valence-corrected chi connectivity index (χ0v) is 22.7. The summed E-state index contributed by atoms with van der Waals surface area (Å²) >= 11 is 6.48. The predicted molar refractivity (Wildman–Crippen MR) is 146 cm³/mol. The van der Waals surface area contributed by atoms with Gasteiger partial charge >= 0.3 is 0 Å². The van der Waals surface area contributed by atoms with Crippen molar-refractivity contribution in [2.75, 3.05) is 12.3 Å². The molecule has 0 spiro atoms. The molecule has 0 aliphatic carbocycles. The number of rotatable bonds is 11. The van der Waals surface area contributed by atoms with Crippen LogP contribution in [0.15, 0.2) is 53.4 Å². The van der Waals surface area contributed by atoms with Gasteiger partial charge in [-0.15, -0.1) is 0 Å². The normalized spacial score (nSPS) is 15.4. The summed E-state index contributed by atoms with van der Waals surface area (Å²) in [6.07, 6.45) is 5.82. The summed E-state index contributed by atoms with van der Waals surface area (Å²) in [4.78, 5) is 26.9. The van der Waals surface area contributed by atoms with Crippen LogP contribution in [-0.4, -0.2) is 41.8 Å². The fourth-order valence-corrected chi connectivity index (χ4v) is 5.97. The number of allylic oxidation sites excluding steroid dienone is 1. The van der Waals surface area contributed by atoms with Crippen LogP contribution < -0.4 is 4.72 Å². The van der Waals surface area contributed by atoms with Crippen molar-refractivity contribution < 1.29 is 22.4 Å². The Bertz CT molecular complexity index is 1260. The number of hydrogen-bond donors (Lipinski definition) is 1. The van der Waals surface area contributed by atoms with Gasteiger partial charge in [-0.05, 0) is 60.7 Å². The molecule has 0 unspecified atom stereocenters. The molecule has 0 radical (unpaired) electrons. The number of unbranched alkanes of at least 4 members (excludes halogenated alkanes) is 3. The van der Waals surface area contributed by atoms with Crippen LogP contribution in [0.5, 0.6) is 0 Å². The monoisotopic (exact) mass is 548 g/mol. The lowest BCUT2D eigenvalue weighted by Gasteiger charge is -2.15. The summed E-state index contributed by atoms with van der Waals surface area (Å²) in [6, 6.07) is 12.6. The lowest BCUT2D eigenvalue weighted by Crippen LogP contribution is -2.39. The predicted octanol–water partition coefficient (Wildman–Crippen LogP) is 5.30. The molecule has 1 saturated heterocycles. The van der Waals surface area contributed by atoms with Gasteiger partial charge in [-0.3, -0.25) is 14.5 Å². The number of nitrogens with one attached hydrogen (secondary N) is 1. The Morgan fingerprint density at radius 1 is 1.03 bits per heavy atom. The molecule has 0 bridgehead atoms. The number of halogens is 1.